The molecule has 4 nitrogen and oxygen atoms in total. The molecule has 2 N–H and O–H groups in total. The van der Waals surface area contributed by atoms with Gasteiger partial charge < -0.3 is 9.25 Å². The largest absolute Gasteiger partial charge is 0.456 e. The maximum absolute atomic E-state index is 9.47. The van der Waals surface area contributed by atoms with Crippen LogP contribution in [0, 0.1) is 12.8 Å². The number of rotatable bonds is 8. The second-order valence-electron chi connectivity index (χ2n) is 10.1. The Morgan fingerprint density at radius 3 is 2.08 bits per heavy atom. The van der Waals surface area contributed by atoms with E-state index in [2.05, 4.69) is 85.4 Å². The monoisotopic (exact) mass is 539 g/mol. The summed E-state index contributed by atoms with van der Waals surface area (Å²) >= 11 is 1.78. The normalized spacial score (nSPS) is 13.1. The zero-order valence-electron chi connectivity index (χ0n) is 22.9. The highest BCUT2D eigenvalue weighted by Gasteiger charge is 2.16. The van der Waals surface area contributed by atoms with E-state index < -0.39 is 5.97 Å². The van der Waals surface area contributed by atoms with Gasteiger partial charge in [-0.3, -0.25) is 4.79 Å². The van der Waals surface area contributed by atoms with Crippen LogP contribution in [0.2, 0.25) is 0 Å². The number of para-hydroxylation sites is 1. The molecule has 0 radical (unpaired) electrons. The number of fused-ring (bicyclic) bond motifs is 1. The highest BCUT2D eigenvalue weighted by Crippen LogP contribution is 2.35. The quantitative estimate of drug-likeness (QED) is 0.226. The Balaban J connectivity index is 0.000000648. The molecule has 3 aromatic carbocycles. The Hall–Kier alpha value is -3.54. The molecule has 0 aliphatic heterocycles. The first-order valence-corrected chi connectivity index (χ1v) is 14.3. The molecule has 0 unspecified atom stereocenters. The summed E-state index contributed by atoms with van der Waals surface area (Å²) in [5.41, 5.74) is 6.60. The minimum absolute atomic E-state index is 0.468. The zero-order chi connectivity index (χ0) is 27.8. The number of allylic oxidation sites excluding steroid dienone is 1. The number of nitrogens with two attached hydrogens (primary N) is 1. The topological polar surface area (TPSA) is 65.5 Å². The van der Waals surface area contributed by atoms with Crippen molar-refractivity contribution >= 4 is 39.8 Å². The van der Waals surface area contributed by atoms with Gasteiger partial charge in [-0.15, -0.1) is 0 Å². The fourth-order valence-corrected chi connectivity index (χ4v) is 5.85. The van der Waals surface area contributed by atoms with Crippen LogP contribution in [0.4, 0.5) is 0 Å². The van der Waals surface area contributed by atoms with Crippen molar-refractivity contribution in [2.45, 2.75) is 62.2 Å². The van der Waals surface area contributed by atoms with Crippen molar-refractivity contribution in [3.8, 4) is 0 Å². The lowest BCUT2D eigenvalue weighted by Crippen LogP contribution is -2.03. The molecule has 4 aromatic rings. The number of hydrogen-bond acceptors (Lipinski definition) is 5. The third-order valence-corrected chi connectivity index (χ3v) is 8.33. The van der Waals surface area contributed by atoms with E-state index in [0.29, 0.717) is 0 Å². The highest BCUT2D eigenvalue weighted by atomic mass is 32.2. The Morgan fingerprint density at radius 1 is 0.949 bits per heavy atom. The van der Waals surface area contributed by atoms with E-state index in [9.17, 15) is 4.79 Å². The van der Waals surface area contributed by atoms with Crippen LogP contribution in [0.25, 0.3) is 22.1 Å². The molecule has 0 saturated heterocycles. The molecule has 5 rings (SSSR count). The second-order valence-corrected chi connectivity index (χ2v) is 11.2. The number of carbonyl (C=O) groups is 1. The summed E-state index contributed by atoms with van der Waals surface area (Å²) in [6.45, 7) is 12.0. The molecule has 1 heterocycles. The Kier molecular flexibility index (Phi) is 9.85. The first kappa shape index (κ1) is 28.5. The molecule has 1 aromatic heterocycles. The van der Waals surface area contributed by atoms with Gasteiger partial charge in [0.25, 0.3) is 0 Å². The molecule has 5 heteroatoms. The predicted molar refractivity (Wildman–Crippen MR) is 162 cm³/mol. The summed E-state index contributed by atoms with van der Waals surface area (Å²) in [4.78, 5) is 15.5. The van der Waals surface area contributed by atoms with Crippen LogP contribution in [-0.4, -0.2) is 5.97 Å². The van der Waals surface area contributed by atoms with Crippen LogP contribution in [0.15, 0.2) is 100 Å². The fourth-order valence-electron chi connectivity index (χ4n) is 5.03. The molecule has 0 spiro atoms. The third-order valence-electron chi connectivity index (χ3n) is 7.31. The van der Waals surface area contributed by atoms with Crippen LogP contribution in [-0.2, 0) is 9.63 Å². The van der Waals surface area contributed by atoms with Gasteiger partial charge in [-0.1, -0.05) is 93.1 Å². The number of hydrogen-bond donors (Lipinski definition) is 1. The molecule has 202 valence electrons. The van der Waals surface area contributed by atoms with Gasteiger partial charge in [0, 0.05) is 33.2 Å². The van der Waals surface area contributed by atoms with E-state index >= 15 is 0 Å². The lowest BCUT2D eigenvalue weighted by atomic mass is 9.95. The average Bonchev–Trinajstić information content (AvgIpc) is 3.60. The molecular weight excluding hydrogens is 502 g/mol. The van der Waals surface area contributed by atoms with Crippen molar-refractivity contribution in [1.82, 2.24) is 0 Å². The molecule has 0 bridgehead atoms. The van der Waals surface area contributed by atoms with Gasteiger partial charge in [0.1, 0.15) is 11.3 Å². The maximum Gasteiger partial charge on any atom is 0.321 e. The van der Waals surface area contributed by atoms with Crippen LogP contribution in [0.3, 0.4) is 0 Å². The molecule has 0 amide bonds. The van der Waals surface area contributed by atoms with Gasteiger partial charge in [0.05, 0.1) is 0 Å². The van der Waals surface area contributed by atoms with Crippen molar-refractivity contribution in [3.05, 3.63) is 108 Å². The number of aryl methyl sites for hydroxylation is 1. The first-order chi connectivity index (χ1) is 18.9. The molecule has 1 aliphatic rings. The van der Waals surface area contributed by atoms with Gasteiger partial charge in [0.2, 0.25) is 0 Å². The van der Waals surface area contributed by atoms with Crippen molar-refractivity contribution in [1.29, 1.82) is 0 Å². The number of benzene rings is 3. The number of furan rings is 1. The van der Waals surface area contributed by atoms with E-state index in [4.69, 9.17) is 4.42 Å². The van der Waals surface area contributed by atoms with Gasteiger partial charge in [-0.25, -0.2) is 0 Å². The highest BCUT2D eigenvalue weighted by molar-refractivity contribution is 7.99. The summed E-state index contributed by atoms with van der Waals surface area (Å²) in [7, 11) is 0. The lowest BCUT2D eigenvalue weighted by Gasteiger charge is -2.11. The second kappa shape index (κ2) is 13.5. The van der Waals surface area contributed by atoms with E-state index in [1.165, 1.54) is 60.0 Å². The zero-order valence-corrected chi connectivity index (χ0v) is 23.7. The summed E-state index contributed by atoms with van der Waals surface area (Å²) in [6, 6.07) is 25.6. The summed E-state index contributed by atoms with van der Waals surface area (Å²) in [6.07, 6.45) is 8.06. The van der Waals surface area contributed by atoms with Crippen LogP contribution in [0.5, 0.6) is 0 Å². The van der Waals surface area contributed by atoms with E-state index in [1.54, 1.807) is 11.8 Å². The van der Waals surface area contributed by atoms with Crippen LogP contribution < -0.4 is 5.90 Å². The molecule has 1 fully saturated rings. The summed E-state index contributed by atoms with van der Waals surface area (Å²) in [5.74, 6) is 5.64. The molecule has 1 aliphatic carbocycles. The summed E-state index contributed by atoms with van der Waals surface area (Å²) < 4.78 is 6.11. The smallest absolute Gasteiger partial charge is 0.321 e. The summed E-state index contributed by atoms with van der Waals surface area (Å²) in [5, 5.41) is 1.15. The van der Waals surface area contributed by atoms with Crippen molar-refractivity contribution < 1.29 is 14.0 Å². The van der Waals surface area contributed by atoms with Gasteiger partial charge in [-0.2, -0.15) is 5.90 Å². The van der Waals surface area contributed by atoms with Crippen molar-refractivity contribution in [3.63, 3.8) is 0 Å². The fraction of sp³-hybridized carbons (Fsp3) is 0.265. The standard InChI is InChI=1S/C32H32OS.C2H5NO2/c1-22(12-13-25-8-4-5-9-25)26-14-18-28(19-15-26)34-29-20-16-27(17-21-29)23(2)32-24(3)30-10-6-7-11-31(30)33-32;1-2(4)5-3/h6-7,10-11,14-21,25H,1-2,4-5,8-9,12-13H2,3H3;3H2,1H3. The number of carbonyl (C=O) groups excluding carboxylic acids is 1. The minimum atomic E-state index is -0.468. The van der Waals surface area contributed by atoms with Crippen molar-refractivity contribution in [2.24, 2.45) is 11.8 Å². The van der Waals surface area contributed by atoms with Gasteiger partial charge >= 0.3 is 5.97 Å². The van der Waals surface area contributed by atoms with Crippen LogP contribution in [0.1, 0.15) is 67.9 Å². The third kappa shape index (κ3) is 7.53. The molecule has 1 saturated carbocycles. The average molecular weight is 540 g/mol. The Labute approximate surface area is 235 Å². The van der Waals surface area contributed by atoms with Crippen LogP contribution >= 0.6 is 11.8 Å². The molecular formula is C34H37NO3S. The van der Waals surface area contributed by atoms with Gasteiger partial charge in [-0.05, 0) is 72.7 Å². The SMILES string of the molecule is C=C(CCC1CCCC1)c1ccc(Sc2ccc(C(=C)c3oc4ccccc4c3C)cc2)cc1.CC(=O)ON. The van der Waals surface area contributed by atoms with E-state index in [-0.39, 0.29) is 0 Å². The Bertz CT molecular complexity index is 1430. The lowest BCUT2D eigenvalue weighted by molar-refractivity contribution is -0.141. The van der Waals surface area contributed by atoms with Gasteiger partial charge in [0.15, 0.2) is 0 Å². The Morgan fingerprint density at radius 2 is 1.51 bits per heavy atom. The maximum atomic E-state index is 9.47. The first-order valence-electron chi connectivity index (χ1n) is 13.5. The van der Waals surface area contributed by atoms with E-state index in [1.807, 2.05) is 18.2 Å². The minimum Gasteiger partial charge on any atom is -0.456 e. The molecule has 39 heavy (non-hydrogen) atoms. The van der Waals surface area contributed by atoms with Crippen molar-refractivity contribution in [2.75, 3.05) is 0 Å². The molecule has 0 atom stereocenters. The van der Waals surface area contributed by atoms with E-state index in [0.717, 1.165) is 45.8 Å². The predicted octanol–water partition coefficient (Wildman–Crippen LogP) is 9.36.